The fraction of sp³-hybridized carbons (Fsp3) is 0.808. The fourth-order valence-corrected chi connectivity index (χ4v) is 5.94. The van der Waals surface area contributed by atoms with Crippen LogP contribution in [-0.4, -0.2) is 59.9 Å². The van der Waals surface area contributed by atoms with Crippen LogP contribution >= 0.6 is 0 Å². The molecule has 3 aliphatic carbocycles. The number of nitrogens with two attached hydrogens (primary N) is 1. The summed E-state index contributed by atoms with van der Waals surface area (Å²) in [6.07, 6.45) is 3.60. The van der Waals surface area contributed by atoms with Crippen molar-refractivity contribution in [2.24, 2.45) is 34.3 Å². The standard InChI is InChI=1S/C14H23NO.C10H13N3O2.C2H2F3NO/c1-13(2)10-8-15(9-11(10)13)12(16)7-14(3)5-4-6-14;11-5-8(12-6-14)3-7-4-10(1-2-10)13-9(7)15;3-2(4,5)1(6)7/h10-11H,4-9H2,1-3H3;6-8H,1-4H2,(H,12,14)(H,13,15);(H2,6,7). The number of likely N-dealkylation sites (tertiary alicyclic amines) is 1. The number of carbonyl (C=O) groups is 4. The van der Waals surface area contributed by atoms with Crippen LogP contribution in [0.5, 0.6) is 0 Å². The van der Waals surface area contributed by atoms with Gasteiger partial charge in [-0.3, -0.25) is 19.2 Å². The summed E-state index contributed by atoms with van der Waals surface area (Å²) < 4.78 is 32.1. The van der Waals surface area contributed by atoms with Crippen LogP contribution in [0.25, 0.3) is 0 Å². The molecule has 2 heterocycles. The first kappa shape index (κ1) is 29.7. The van der Waals surface area contributed by atoms with Gasteiger partial charge in [0.05, 0.1) is 6.07 Å². The number of piperidine rings is 1. The van der Waals surface area contributed by atoms with Crippen molar-refractivity contribution in [1.82, 2.24) is 15.5 Å². The van der Waals surface area contributed by atoms with E-state index >= 15 is 0 Å². The fourth-order valence-electron chi connectivity index (χ4n) is 5.94. The molecule has 2 aliphatic heterocycles. The maximum atomic E-state index is 12.2. The maximum absolute atomic E-state index is 12.2. The number of primary amides is 1. The van der Waals surface area contributed by atoms with E-state index in [0.29, 0.717) is 29.6 Å². The van der Waals surface area contributed by atoms with E-state index in [4.69, 9.17) is 10.1 Å². The average molecular weight is 542 g/mol. The lowest BCUT2D eigenvalue weighted by atomic mass is 9.68. The lowest BCUT2D eigenvalue weighted by Crippen LogP contribution is -2.38. The Morgan fingerprint density at radius 2 is 1.76 bits per heavy atom. The Morgan fingerprint density at radius 1 is 1.21 bits per heavy atom. The van der Waals surface area contributed by atoms with E-state index in [0.717, 1.165) is 50.6 Å². The maximum Gasteiger partial charge on any atom is 0.470 e. The van der Waals surface area contributed by atoms with Gasteiger partial charge in [0.2, 0.25) is 18.2 Å². The molecule has 1 spiro atoms. The summed E-state index contributed by atoms with van der Waals surface area (Å²) >= 11 is 0. The van der Waals surface area contributed by atoms with Crippen molar-refractivity contribution in [2.45, 2.75) is 89.9 Å². The molecule has 3 saturated carbocycles. The number of nitriles is 1. The Balaban J connectivity index is 0.000000171. The molecule has 0 bridgehead atoms. The lowest BCUT2D eigenvalue weighted by molar-refractivity contribution is -0.169. The molecular formula is C26H38F3N5O4. The topological polar surface area (TPSA) is 145 Å². The van der Waals surface area contributed by atoms with Crippen LogP contribution in [0.3, 0.4) is 0 Å². The highest BCUT2D eigenvalue weighted by Crippen LogP contribution is 2.62. The van der Waals surface area contributed by atoms with E-state index in [2.05, 4.69) is 42.0 Å². The van der Waals surface area contributed by atoms with Crippen LogP contribution in [0, 0.1) is 39.9 Å². The predicted octanol–water partition coefficient (Wildman–Crippen LogP) is 2.40. The predicted molar refractivity (Wildman–Crippen MR) is 131 cm³/mol. The van der Waals surface area contributed by atoms with Crippen LogP contribution in [0.1, 0.15) is 72.1 Å². The van der Waals surface area contributed by atoms with Gasteiger partial charge in [0.25, 0.3) is 0 Å². The number of rotatable bonds is 6. The van der Waals surface area contributed by atoms with Gasteiger partial charge in [0.1, 0.15) is 6.04 Å². The highest BCUT2D eigenvalue weighted by Gasteiger charge is 2.62. The molecule has 0 aromatic carbocycles. The molecule has 9 nitrogen and oxygen atoms in total. The second kappa shape index (κ2) is 10.7. The Hall–Kier alpha value is -2.84. The first-order valence-corrected chi connectivity index (χ1v) is 13.1. The number of carbonyl (C=O) groups excluding carboxylic acids is 4. The van der Waals surface area contributed by atoms with Crippen LogP contribution in [-0.2, 0) is 19.2 Å². The third-order valence-electron chi connectivity index (χ3n) is 9.09. The SMILES string of the molecule is CC1(CC(=O)N2CC3C(C2)C3(C)C)CCC1.N#CC(CC1CC2(CC2)NC1=O)NC=O.NC(=O)C(F)(F)F. The molecule has 0 radical (unpaired) electrons. The van der Waals surface area contributed by atoms with Crippen molar-refractivity contribution < 1.29 is 32.3 Å². The number of hydrogen-bond donors (Lipinski definition) is 3. The molecule has 0 aromatic rings. The van der Waals surface area contributed by atoms with Gasteiger partial charge in [-0.25, -0.2) is 0 Å². The molecule has 212 valence electrons. The van der Waals surface area contributed by atoms with Gasteiger partial charge in [-0.1, -0.05) is 27.2 Å². The second-order valence-electron chi connectivity index (χ2n) is 12.4. The summed E-state index contributed by atoms with van der Waals surface area (Å²) in [5.41, 5.74) is 4.72. The van der Waals surface area contributed by atoms with Crippen molar-refractivity contribution >= 4 is 24.1 Å². The van der Waals surface area contributed by atoms with Gasteiger partial charge in [0.15, 0.2) is 0 Å². The number of alkyl halides is 3. The third kappa shape index (κ3) is 6.97. The van der Waals surface area contributed by atoms with Crippen molar-refractivity contribution in [3.05, 3.63) is 0 Å². The zero-order valence-electron chi connectivity index (χ0n) is 22.2. The molecule has 38 heavy (non-hydrogen) atoms. The van der Waals surface area contributed by atoms with Crippen LogP contribution < -0.4 is 16.4 Å². The molecule has 4 N–H and O–H groups in total. The summed E-state index contributed by atoms with van der Waals surface area (Å²) in [4.78, 5) is 45.2. The Morgan fingerprint density at radius 3 is 2.13 bits per heavy atom. The van der Waals surface area contributed by atoms with Crippen molar-refractivity contribution in [1.29, 1.82) is 5.26 Å². The highest BCUT2D eigenvalue weighted by atomic mass is 19.4. The van der Waals surface area contributed by atoms with Gasteiger partial charge in [-0.05, 0) is 61.2 Å². The largest absolute Gasteiger partial charge is 0.470 e. The minimum absolute atomic E-state index is 0.0282. The zero-order valence-corrected chi connectivity index (χ0v) is 22.2. The van der Waals surface area contributed by atoms with Gasteiger partial charge in [-0.2, -0.15) is 18.4 Å². The summed E-state index contributed by atoms with van der Waals surface area (Å²) in [5.74, 6) is -0.334. The van der Waals surface area contributed by atoms with E-state index in [1.54, 1.807) is 0 Å². The van der Waals surface area contributed by atoms with Crippen molar-refractivity contribution in [3.63, 3.8) is 0 Å². The van der Waals surface area contributed by atoms with Crippen LogP contribution in [0.2, 0.25) is 0 Å². The number of hydrogen-bond acceptors (Lipinski definition) is 5. The first-order valence-electron chi connectivity index (χ1n) is 13.1. The minimum atomic E-state index is -4.86. The molecule has 5 rings (SSSR count). The molecule has 12 heteroatoms. The molecule has 4 unspecified atom stereocenters. The number of nitrogens with one attached hydrogen (secondary N) is 2. The van der Waals surface area contributed by atoms with E-state index in [1.807, 2.05) is 6.07 Å². The molecule has 0 aromatic heterocycles. The van der Waals surface area contributed by atoms with Gasteiger partial charge < -0.3 is 21.3 Å². The number of halogens is 3. The minimum Gasteiger partial charge on any atom is -0.362 e. The van der Waals surface area contributed by atoms with Gasteiger partial charge in [0, 0.05) is 31.0 Å². The molecular weight excluding hydrogens is 503 g/mol. The van der Waals surface area contributed by atoms with Crippen molar-refractivity contribution in [2.75, 3.05) is 13.1 Å². The second-order valence-corrected chi connectivity index (χ2v) is 12.4. The summed E-state index contributed by atoms with van der Waals surface area (Å²) in [7, 11) is 0. The molecule has 4 amide bonds. The normalized spacial score (nSPS) is 29.0. The van der Waals surface area contributed by atoms with Gasteiger partial charge in [-0.15, -0.1) is 0 Å². The van der Waals surface area contributed by atoms with Crippen LogP contribution in [0.15, 0.2) is 0 Å². The molecule has 5 aliphatic rings. The Labute approximate surface area is 221 Å². The number of fused-ring (bicyclic) bond motifs is 1. The average Bonchev–Trinajstić information content (AvgIpc) is 3.49. The molecule has 4 atom stereocenters. The third-order valence-corrected chi connectivity index (χ3v) is 9.09. The lowest BCUT2D eigenvalue weighted by Gasteiger charge is -2.39. The Kier molecular flexibility index (Phi) is 8.39. The molecule has 2 saturated heterocycles. The summed E-state index contributed by atoms with van der Waals surface area (Å²) in [6.45, 7) is 9.03. The van der Waals surface area contributed by atoms with Crippen molar-refractivity contribution in [3.8, 4) is 6.07 Å². The first-order chi connectivity index (χ1) is 17.6. The van der Waals surface area contributed by atoms with Crippen LogP contribution in [0.4, 0.5) is 13.2 Å². The van der Waals surface area contributed by atoms with Gasteiger partial charge >= 0.3 is 12.1 Å². The molecule has 5 fully saturated rings. The quantitative estimate of drug-likeness (QED) is 0.442. The monoisotopic (exact) mass is 541 g/mol. The summed E-state index contributed by atoms with van der Waals surface area (Å²) in [6, 6.07) is 1.43. The highest BCUT2D eigenvalue weighted by molar-refractivity contribution is 5.83. The zero-order chi connectivity index (χ0) is 28.5. The van der Waals surface area contributed by atoms with E-state index in [1.165, 1.54) is 19.3 Å². The number of nitrogens with zero attached hydrogens (tertiary/aromatic N) is 2. The Bertz CT molecular complexity index is 970. The van der Waals surface area contributed by atoms with E-state index in [-0.39, 0.29) is 17.4 Å². The van der Waals surface area contributed by atoms with E-state index in [9.17, 15) is 27.6 Å². The summed E-state index contributed by atoms with van der Waals surface area (Å²) in [5, 5.41) is 14.1. The van der Waals surface area contributed by atoms with E-state index < -0.39 is 18.1 Å². The smallest absolute Gasteiger partial charge is 0.362 e. The number of amides is 4.